The molecule has 1 nitrogen and oxygen atoms in total. The van der Waals surface area contributed by atoms with Crippen molar-refractivity contribution < 1.29 is 4.39 Å². The Morgan fingerprint density at radius 2 is 2.25 bits per heavy atom. The first kappa shape index (κ1) is 11.5. The Hall–Kier alpha value is -0.540. The molecule has 0 aromatic rings. The third kappa shape index (κ3) is 6.19. The molecule has 0 radical (unpaired) electrons. The van der Waals surface area contributed by atoms with Gasteiger partial charge in [0.1, 0.15) is 5.83 Å². The van der Waals surface area contributed by atoms with Crippen molar-refractivity contribution >= 4 is 11.9 Å². The SMILES string of the molecule is C=C(/C=C\C(F)=C/C)SNCC. The lowest BCUT2D eigenvalue weighted by molar-refractivity contribution is 0.665. The highest BCUT2D eigenvalue weighted by Gasteiger charge is 1.88. The van der Waals surface area contributed by atoms with Crippen molar-refractivity contribution in [3.8, 4) is 0 Å². The molecule has 0 aromatic carbocycles. The maximum atomic E-state index is 12.5. The van der Waals surface area contributed by atoms with Crippen molar-refractivity contribution in [3.05, 3.63) is 35.5 Å². The lowest BCUT2D eigenvalue weighted by atomic mass is 10.4. The van der Waals surface area contributed by atoms with E-state index in [0.29, 0.717) is 0 Å². The third-order valence-electron chi connectivity index (χ3n) is 1.05. The van der Waals surface area contributed by atoms with Crippen LogP contribution in [0.5, 0.6) is 0 Å². The molecule has 0 spiro atoms. The zero-order valence-electron chi connectivity index (χ0n) is 7.43. The summed E-state index contributed by atoms with van der Waals surface area (Å²) in [6.45, 7) is 8.23. The molecular formula is C9H14FNS. The van der Waals surface area contributed by atoms with E-state index in [1.165, 1.54) is 24.1 Å². The van der Waals surface area contributed by atoms with Gasteiger partial charge in [-0.3, -0.25) is 4.72 Å². The number of rotatable bonds is 5. The summed E-state index contributed by atoms with van der Waals surface area (Å²) in [4.78, 5) is 0.800. The van der Waals surface area contributed by atoms with E-state index in [9.17, 15) is 4.39 Å². The predicted octanol–water partition coefficient (Wildman–Crippen LogP) is 3.19. The lowest BCUT2D eigenvalue weighted by Gasteiger charge is -1.97. The number of hydrogen-bond acceptors (Lipinski definition) is 2. The van der Waals surface area contributed by atoms with Gasteiger partial charge in [-0.15, -0.1) is 0 Å². The quantitative estimate of drug-likeness (QED) is 0.524. The molecule has 0 heterocycles. The fourth-order valence-corrected chi connectivity index (χ4v) is 0.933. The van der Waals surface area contributed by atoms with E-state index in [-0.39, 0.29) is 5.83 Å². The molecule has 0 rings (SSSR count). The Labute approximate surface area is 77.6 Å². The zero-order chi connectivity index (χ0) is 9.40. The van der Waals surface area contributed by atoms with Gasteiger partial charge in [0.05, 0.1) is 0 Å². The van der Waals surface area contributed by atoms with Crippen molar-refractivity contribution in [1.82, 2.24) is 4.72 Å². The van der Waals surface area contributed by atoms with Crippen LogP contribution in [0.4, 0.5) is 4.39 Å². The maximum Gasteiger partial charge on any atom is 0.118 e. The van der Waals surface area contributed by atoms with Crippen molar-refractivity contribution in [2.75, 3.05) is 6.54 Å². The van der Waals surface area contributed by atoms with Gasteiger partial charge in [-0.05, 0) is 31.0 Å². The fourth-order valence-electron chi connectivity index (χ4n) is 0.468. The van der Waals surface area contributed by atoms with Gasteiger partial charge in [0, 0.05) is 11.4 Å². The molecule has 12 heavy (non-hydrogen) atoms. The molecule has 0 atom stereocenters. The van der Waals surface area contributed by atoms with Crippen LogP contribution < -0.4 is 4.72 Å². The predicted molar refractivity (Wildman–Crippen MR) is 54.4 cm³/mol. The van der Waals surface area contributed by atoms with Crippen LogP contribution in [0, 0.1) is 0 Å². The van der Waals surface area contributed by atoms with Gasteiger partial charge in [-0.25, -0.2) is 4.39 Å². The molecule has 0 amide bonds. The van der Waals surface area contributed by atoms with Crippen LogP contribution in [0.3, 0.4) is 0 Å². The van der Waals surface area contributed by atoms with Crippen LogP contribution in [-0.4, -0.2) is 6.54 Å². The highest BCUT2D eigenvalue weighted by Crippen LogP contribution is 2.11. The molecule has 0 aliphatic heterocycles. The minimum Gasteiger partial charge on any atom is -0.260 e. The van der Waals surface area contributed by atoms with Crippen molar-refractivity contribution in [2.24, 2.45) is 0 Å². The van der Waals surface area contributed by atoms with Crippen molar-refractivity contribution in [3.63, 3.8) is 0 Å². The summed E-state index contributed by atoms with van der Waals surface area (Å²) in [6, 6.07) is 0. The van der Waals surface area contributed by atoms with Crippen LogP contribution in [-0.2, 0) is 0 Å². The molecule has 0 saturated heterocycles. The molecule has 0 fully saturated rings. The fraction of sp³-hybridized carbons (Fsp3) is 0.333. The van der Waals surface area contributed by atoms with Gasteiger partial charge in [0.2, 0.25) is 0 Å². The van der Waals surface area contributed by atoms with Crippen LogP contribution in [0.25, 0.3) is 0 Å². The van der Waals surface area contributed by atoms with E-state index in [0.717, 1.165) is 11.4 Å². The Kier molecular flexibility index (Phi) is 6.81. The molecule has 0 aromatic heterocycles. The Morgan fingerprint density at radius 3 is 2.75 bits per heavy atom. The van der Waals surface area contributed by atoms with Gasteiger partial charge >= 0.3 is 0 Å². The zero-order valence-corrected chi connectivity index (χ0v) is 8.25. The summed E-state index contributed by atoms with van der Waals surface area (Å²) < 4.78 is 15.5. The molecular weight excluding hydrogens is 173 g/mol. The maximum absolute atomic E-state index is 12.5. The number of hydrogen-bond donors (Lipinski definition) is 1. The van der Waals surface area contributed by atoms with Crippen molar-refractivity contribution in [2.45, 2.75) is 13.8 Å². The number of nitrogens with one attached hydrogen (secondary N) is 1. The third-order valence-corrected chi connectivity index (χ3v) is 1.88. The molecule has 0 saturated carbocycles. The van der Waals surface area contributed by atoms with Gasteiger partial charge in [0.25, 0.3) is 0 Å². The molecule has 68 valence electrons. The molecule has 3 heteroatoms. The first-order chi connectivity index (χ1) is 5.70. The second-order valence-electron chi connectivity index (χ2n) is 2.07. The first-order valence-corrected chi connectivity index (χ1v) is 4.60. The Morgan fingerprint density at radius 1 is 1.58 bits per heavy atom. The average molecular weight is 187 g/mol. The summed E-state index contributed by atoms with van der Waals surface area (Å²) >= 11 is 1.40. The minimum atomic E-state index is -0.242. The summed E-state index contributed by atoms with van der Waals surface area (Å²) in [7, 11) is 0. The number of halogens is 1. The van der Waals surface area contributed by atoms with Crippen molar-refractivity contribution in [1.29, 1.82) is 0 Å². The topological polar surface area (TPSA) is 12.0 Å². The smallest absolute Gasteiger partial charge is 0.118 e. The molecule has 0 bridgehead atoms. The van der Waals surface area contributed by atoms with Gasteiger partial charge < -0.3 is 0 Å². The summed E-state index contributed by atoms with van der Waals surface area (Å²) in [6.07, 6.45) is 4.44. The van der Waals surface area contributed by atoms with Gasteiger partial charge in [-0.2, -0.15) is 0 Å². The van der Waals surface area contributed by atoms with Crippen LogP contribution in [0.2, 0.25) is 0 Å². The molecule has 0 unspecified atom stereocenters. The monoisotopic (exact) mass is 187 g/mol. The van der Waals surface area contributed by atoms with E-state index in [4.69, 9.17) is 0 Å². The standard InChI is InChI=1S/C9H14FNS/c1-4-9(10)7-6-8(3)12-11-5-2/h4,6-7,11H,3,5H2,1-2H3/b7-6-,9-4+. The van der Waals surface area contributed by atoms with Gasteiger partial charge in [-0.1, -0.05) is 19.6 Å². The lowest BCUT2D eigenvalue weighted by Crippen LogP contribution is -1.99. The molecule has 0 aliphatic carbocycles. The molecule has 1 N–H and O–H groups in total. The second-order valence-corrected chi connectivity index (χ2v) is 3.09. The second kappa shape index (κ2) is 7.13. The summed E-state index contributed by atoms with van der Waals surface area (Å²) in [5.41, 5.74) is 0. The van der Waals surface area contributed by atoms with Crippen LogP contribution in [0.15, 0.2) is 35.5 Å². The molecule has 0 aliphatic rings. The highest BCUT2D eigenvalue weighted by molar-refractivity contribution is 8.01. The van der Waals surface area contributed by atoms with Crippen LogP contribution >= 0.6 is 11.9 Å². The summed E-state index contributed by atoms with van der Waals surface area (Å²) in [5.74, 6) is -0.242. The first-order valence-electron chi connectivity index (χ1n) is 3.79. The van der Waals surface area contributed by atoms with E-state index < -0.39 is 0 Å². The van der Waals surface area contributed by atoms with E-state index in [1.807, 2.05) is 6.92 Å². The number of allylic oxidation sites excluding steroid dienone is 4. The largest absolute Gasteiger partial charge is 0.260 e. The minimum absolute atomic E-state index is 0.242. The van der Waals surface area contributed by atoms with E-state index >= 15 is 0 Å². The van der Waals surface area contributed by atoms with Crippen LogP contribution in [0.1, 0.15) is 13.8 Å². The Balaban J connectivity index is 3.76. The van der Waals surface area contributed by atoms with Gasteiger partial charge in [0.15, 0.2) is 0 Å². The van der Waals surface area contributed by atoms with E-state index in [1.54, 1.807) is 13.0 Å². The average Bonchev–Trinajstić information content (AvgIpc) is 2.10. The Bertz CT molecular complexity index is 197. The van der Waals surface area contributed by atoms with E-state index in [2.05, 4.69) is 11.3 Å². The summed E-state index contributed by atoms with van der Waals surface area (Å²) in [5, 5.41) is 0. The normalized spacial score (nSPS) is 12.4. The highest BCUT2D eigenvalue weighted by atomic mass is 32.2.